The minimum Gasteiger partial charge on any atom is -0.378 e. The fourth-order valence-electron chi connectivity index (χ4n) is 3.78. The van der Waals surface area contributed by atoms with Crippen LogP contribution >= 0.6 is 0 Å². The average Bonchev–Trinajstić information content (AvgIpc) is 2.66. The largest absolute Gasteiger partial charge is 0.378 e. The third-order valence-electron chi connectivity index (χ3n) is 5.23. The summed E-state index contributed by atoms with van der Waals surface area (Å²) in [5.74, 6) is 0.00897. The lowest BCUT2D eigenvalue weighted by Gasteiger charge is -2.33. The van der Waals surface area contributed by atoms with E-state index in [1.807, 2.05) is 11.0 Å². The van der Waals surface area contributed by atoms with Crippen molar-refractivity contribution in [3.8, 4) is 0 Å². The number of fused-ring (bicyclic) bond motifs is 1. The van der Waals surface area contributed by atoms with E-state index in [9.17, 15) is 13.2 Å². The number of hydrogen-bond donors (Lipinski definition) is 1. The third kappa shape index (κ3) is 4.80. The van der Waals surface area contributed by atoms with Crippen molar-refractivity contribution in [3.05, 3.63) is 29.3 Å². The highest BCUT2D eigenvalue weighted by Gasteiger charge is 2.27. The highest BCUT2D eigenvalue weighted by atomic mass is 32.2. The lowest BCUT2D eigenvalue weighted by atomic mass is 9.99. The number of nitrogens with zero attached hydrogens (tertiary/aromatic N) is 2. The summed E-state index contributed by atoms with van der Waals surface area (Å²) in [6, 6.07) is 5.37. The first-order valence-corrected chi connectivity index (χ1v) is 11.5. The predicted molar refractivity (Wildman–Crippen MR) is 106 cm³/mol. The van der Waals surface area contributed by atoms with Crippen LogP contribution < -0.4 is 10.0 Å². The van der Waals surface area contributed by atoms with Crippen LogP contribution in [0, 0.1) is 0 Å². The fourth-order valence-corrected chi connectivity index (χ4v) is 4.78. The normalized spacial score (nSPS) is 18.4. The molecule has 0 bridgehead atoms. The Bertz CT molecular complexity index is 773. The highest BCUT2D eigenvalue weighted by Crippen LogP contribution is 2.30. The van der Waals surface area contributed by atoms with Crippen LogP contribution in [0.5, 0.6) is 0 Å². The molecule has 1 saturated heterocycles. The quantitative estimate of drug-likeness (QED) is 0.735. The van der Waals surface area contributed by atoms with Gasteiger partial charge in [0.1, 0.15) is 0 Å². The molecule has 1 amide bonds. The Balaban J connectivity index is 1.65. The van der Waals surface area contributed by atoms with E-state index in [2.05, 4.69) is 0 Å². The van der Waals surface area contributed by atoms with Crippen molar-refractivity contribution >= 4 is 21.6 Å². The molecule has 0 radical (unpaired) electrons. The Morgan fingerprint density at radius 1 is 1.26 bits per heavy atom. The molecule has 1 aromatic rings. The summed E-state index contributed by atoms with van der Waals surface area (Å²) in [7, 11) is -3.29. The zero-order valence-corrected chi connectivity index (χ0v) is 16.7. The van der Waals surface area contributed by atoms with Gasteiger partial charge < -0.3 is 15.4 Å². The highest BCUT2D eigenvalue weighted by molar-refractivity contribution is 7.92. The molecule has 1 aromatic carbocycles. The number of hydrogen-bond acceptors (Lipinski definition) is 5. The summed E-state index contributed by atoms with van der Waals surface area (Å²) in [6.07, 6.45) is 5.52. The van der Waals surface area contributed by atoms with Crippen LogP contribution in [0.25, 0.3) is 0 Å². The molecular formula is C19H29N3O4S. The Morgan fingerprint density at radius 2 is 2.00 bits per heavy atom. The summed E-state index contributed by atoms with van der Waals surface area (Å²) in [6.45, 7) is 3.16. The second-order valence-electron chi connectivity index (χ2n) is 7.29. The number of piperidine rings is 1. The van der Waals surface area contributed by atoms with Gasteiger partial charge in [0.25, 0.3) is 5.91 Å². The number of rotatable bonds is 6. The van der Waals surface area contributed by atoms with Crippen LogP contribution in [0.3, 0.4) is 0 Å². The van der Waals surface area contributed by atoms with E-state index in [0.29, 0.717) is 44.0 Å². The molecule has 8 heteroatoms. The Hall–Kier alpha value is -1.64. The molecule has 2 aliphatic heterocycles. The van der Waals surface area contributed by atoms with Gasteiger partial charge in [0.2, 0.25) is 10.0 Å². The van der Waals surface area contributed by atoms with E-state index in [0.717, 1.165) is 37.7 Å². The van der Waals surface area contributed by atoms with Crippen LogP contribution in [-0.4, -0.2) is 64.4 Å². The van der Waals surface area contributed by atoms with Gasteiger partial charge in [0.05, 0.1) is 18.0 Å². The SMILES string of the molecule is CS(=O)(=O)N1CCCc2cc(C(=O)N3CCC(OCCCN)CC3)ccc21. The number of aryl methyl sites for hydroxylation is 1. The zero-order valence-electron chi connectivity index (χ0n) is 15.9. The molecule has 0 unspecified atom stereocenters. The standard InChI is InChI=1S/C19H29N3O4S/c1-27(24,25)22-10-2-4-15-14-16(5-6-18(15)22)19(23)21-11-7-17(8-12-21)26-13-3-9-20/h5-6,14,17H,2-4,7-13,20H2,1H3. The number of sulfonamides is 1. The van der Waals surface area contributed by atoms with Crippen LogP contribution in [0.15, 0.2) is 18.2 Å². The molecule has 0 atom stereocenters. The number of carbonyl (C=O) groups excluding carboxylic acids is 1. The summed E-state index contributed by atoms with van der Waals surface area (Å²) in [5.41, 5.74) is 7.74. The van der Waals surface area contributed by atoms with E-state index in [1.165, 1.54) is 10.6 Å². The fraction of sp³-hybridized carbons (Fsp3) is 0.632. The molecule has 27 heavy (non-hydrogen) atoms. The van der Waals surface area contributed by atoms with Crippen molar-refractivity contribution in [2.75, 3.05) is 43.3 Å². The van der Waals surface area contributed by atoms with Gasteiger partial charge in [-0.1, -0.05) is 0 Å². The van der Waals surface area contributed by atoms with Crippen molar-refractivity contribution in [2.24, 2.45) is 5.73 Å². The summed E-state index contributed by atoms with van der Waals surface area (Å²) >= 11 is 0. The molecule has 2 N–H and O–H groups in total. The first-order chi connectivity index (χ1) is 12.9. The average molecular weight is 396 g/mol. The molecule has 0 aromatic heterocycles. The molecule has 3 rings (SSSR count). The third-order valence-corrected chi connectivity index (χ3v) is 6.41. The van der Waals surface area contributed by atoms with Gasteiger partial charge in [-0.25, -0.2) is 8.42 Å². The molecule has 7 nitrogen and oxygen atoms in total. The van der Waals surface area contributed by atoms with Gasteiger partial charge in [-0.3, -0.25) is 9.10 Å². The van der Waals surface area contributed by atoms with E-state index in [4.69, 9.17) is 10.5 Å². The summed E-state index contributed by atoms with van der Waals surface area (Å²) in [5, 5.41) is 0. The number of benzene rings is 1. The number of nitrogens with two attached hydrogens (primary N) is 1. The molecular weight excluding hydrogens is 366 g/mol. The van der Waals surface area contributed by atoms with E-state index < -0.39 is 10.0 Å². The van der Waals surface area contributed by atoms with Crippen molar-refractivity contribution in [3.63, 3.8) is 0 Å². The second-order valence-corrected chi connectivity index (χ2v) is 9.19. The van der Waals surface area contributed by atoms with Gasteiger partial charge in [0, 0.05) is 31.8 Å². The minimum atomic E-state index is -3.29. The van der Waals surface area contributed by atoms with Crippen LogP contribution in [0.2, 0.25) is 0 Å². The van der Waals surface area contributed by atoms with Crippen molar-refractivity contribution in [2.45, 2.75) is 38.2 Å². The van der Waals surface area contributed by atoms with Crippen molar-refractivity contribution < 1.29 is 17.9 Å². The summed E-state index contributed by atoms with van der Waals surface area (Å²) in [4.78, 5) is 14.7. The first kappa shape index (κ1) is 20.1. The van der Waals surface area contributed by atoms with Gasteiger partial charge in [-0.05, 0) is 62.4 Å². The number of amides is 1. The monoisotopic (exact) mass is 395 g/mol. The predicted octanol–water partition coefficient (Wildman–Crippen LogP) is 1.37. The van der Waals surface area contributed by atoms with Crippen LogP contribution in [0.4, 0.5) is 5.69 Å². The van der Waals surface area contributed by atoms with Crippen molar-refractivity contribution in [1.29, 1.82) is 0 Å². The Labute approximate surface area is 161 Å². The lowest BCUT2D eigenvalue weighted by molar-refractivity contribution is 0.00844. The minimum absolute atomic E-state index is 0.00897. The number of anilines is 1. The van der Waals surface area contributed by atoms with E-state index in [1.54, 1.807) is 12.1 Å². The van der Waals surface area contributed by atoms with Gasteiger partial charge in [-0.2, -0.15) is 0 Å². The Morgan fingerprint density at radius 3 is 2.67 bits per heavy atom. The lowest BCUT2D eigenvalue weighted by Crippen LogP contribution is -2.41. The molecule has 0 saturated carbocycles. The van der Waals surface area contributed by atoms with E-state index in [-0.39, 0.29) is 12.0 Å². The molecule has 150 valence electrons. The Kier molecular flexibility index (Phi) is 6.39. The maximum absolute atomic E-state index is 12.9. The first-order valence-electron chi connectivity index (χ1n) is 9.61. The van der Waals surface area contributed by atoms with Gasteiger partial charge >= 0.3 is 0 Å². The van der Waals surface area contributed by atoms with E-state index >= 15 is 0 Å². The number of ether oxygens (including phenoxy) is 1. The summed E-state index contributed by atoms with van der Waals surface area (Å²) < 4.78 is 31.2. The zero-order chi connectivity index (χ0) is 19.4. The molecule has 2 heterocycles. The maximum atomic E-state index is 12.9. The maximum Gasteiger partial charge on any atom is 0.253 e. The van der Waals surface area contributed by atoms with Gasteiger partial charge in [-0.15, -0.1) is 0 Å². The van der Waals surface area contributed by atoms with Crippen molar-refractivity contribution in [1.82, 2.24) is 4.90 Å². The smallest absolute Gasteiger partial charge is 0.253 e. The number of carbonyl (C=O) groups is 1. The van der Waals surface area contributed by atoms with Crippen LogP contribution in [-0.2, 0) is 21.2 Å². The molecule has 0 aliphatic carbocycles. The second kappa shape index (κ2) is 8.58. The molecule has 0 spiro atoms. The molecule has 2 aliphatic rings. The van der Waals surface area contributed by atoms with Crippen LogP contribution in [0.1, 0.15) is 41.6 Å². The topological polar surface area (TPSA) is 92.9 Å². The number of likely N-dealkylation sites (tertiary alicyclic amines) is 1. The van der Waals surface area contributed by atoms with Gasteiger partial charge in [0.15, 0.2) is 0 Å². The molecule has 1 fully saturated rings.